The van der Waals surface area contributed by atoms with E-state index in [1.54, 1.807) is 6.92 Å². The van der Waals surface area contributed by atoms with Gasteiger partial charge in [0.25, 0.3) is 5.91 Å². The van der Waals surface area contributed by atoms with Crippen molar-refractivity contribution in [2.45, 2.75) is 46.0 Å². The Labute approximate surface area is 200 Å². The fourth-order valence-corrected chi connectivity index (χ4v) is 4.96. The highest BCUT2D eigenvalue weighted by Gasteiger charge is 2.28. The van der Waals surface area contributed by atoms with E-state index in [-0.39, 0.29) is 19.4 Å². The Bertz CT molecular complexity index is 1200. The Morgan fingerprint density at radius 2 is 1.91 bits per heavy atom. The normalized spacial score (nSPS) is 12.3. The summed E-state index contributed by atoms with van der Waals surface area (Å²) >= 11 is 1.37. The van der Waals surface area contributed by atoms with Crippen LogP contribution in [0, 0.1) is 6.92 Å². The zero-order valence-corrected chi connectivity index (χ0v) is 19.8. The number of nitrogens with zero attached hydrogens (tertiary/aromatic N) is 2. The van der Waals surface area contributed by atoms with E-state index < -0.39 is 24.5 Å². The van der Waals surface area contributed by atoms with Crippen LogP contribution in [0.5, 0.6) is 0 Å². The van der Waals surface area contributed by atoms with E-state index in [0.717, 1.165) is 40.8 Å². The highest BCUT2D eigenvalue weighted by Crippen LogP contribution is 2.39. The largest absolute Gasteiger partial charge is 0.462 e. The van der Waals surface area contributed by atoms with Crippen molar-refractivity contribution in [1.29, 1.82) is 0 Å². The Balaban J connectivity index is 1.27. The summed E-state index contributed by atoms with van der Waals surface area (Å²) in [6.45, 7) is 3.52. The number of carbonyl (C=O) groups excluding carboxylic acids is 3. The molecule has 0 radical (unpaired) electrons. The van der Waals surface area contributed by atoms with E-state index in [1.165, 1.54) is 11.3 Å². The molecular weight excluding hydrogens is 458 g/mol. The third kappa shape index (κ3) is 5.51. The Kier molecular flexibility index (Phi) is 7.36. The number of benzene rings is 1. The van der Waals surface area contributed by atoms with Crippen LogP contribution in [0.3, 0.4) is 0 Å². The number of anilines is 1. The summed E-state index contributed by atoms with van der Waals surface area (Å²) in [6.07, 6.45) is 2.82. The highest BCUT2D eigenvalue weighted by molar-refractivity contribution is 7.17. The van der Waals surface area contributed by atoms with E-state index in [1.807, 2.05) is 31.2 Å². The molecule has 0 unspecified atom stereocenters. The van der Waals surface area contributed by atoms with Gasteiger partial charge in [-0.15, -0.1) is 21.5 Å². The number of hydrogen-bond acceptors (Lipinski definition) is 9. The second-order valence-electron chi connectivity index (χ2n) is 7.86. The molecule has 0 spiro atoms. The summed E-state index contributed by atoms with van der Waals surface area (Å²) in [6, 6.07) is 7.66. The first-order valence-electron chi connectivity index (χ1n) is 11.1. The van der Waals surface area contributed by atoms with Crippen LogP contribution in [0.1, 0.15) is 52.0 Å². The first kappa shape index (κ1) is 23.6. The van der Waals surface area contributed by atoms with Crippen LogP contribution in [0.25, 0.3) is 11.5 Å². The molecule has 0 fully saturated rings. The topological polar surface area (TPSA) is 121 Å². The first-order chi connectivity index (χ1) is 16.4. The minimum atomic E-state index is -0.565. The van der Waals surface area contributed by atoms with Crippen molar-refractivity contribution in [3.63, 3.8) is 0 Å². The molecule has 0 aliphatic heterocycles. The van der Waals surface area contributed by atoms with E-state index in [4.69, 9.17) is 13.9 Å². The maximum absolute atomic E-state index is 12.4. The molecule has 2 heterocycles. The average molecular weight is 484 g/mol. The third-order valence-electron chi connectivity index (χ3n) is 5.33. The molecule has 1 N–H and O–H groups in total. The number of ether oxygens (including phenoxy) is 2. The molecule has 0 saturated heterocycles. The van der Waals surface area contributed by atoms with Gasteiger partial charge in [0.2, 0.25) is 11.8 Å². The summed E-state index contributed by atoms with van der Waals surface area (Å²) in [5.41, 5.74) is 3.28. The average Bonchev–Trinajstić information content (AvgIpc) is 3.53. The number of thiophene rings is 1. The number of carbonyl (C=O) groups is 3. The second-order valence-corrected chi connectivity index (χ2v) is 8.96. The minimum Gasteiger partial charge on any atom is -0.462 e. The van der Waals surface area contributed by atoms with Gasteiger partial charge in [-0.2, -0.15) is 0 Å². The number of nitrogens with one attached hydrogen (secondary N) is 1. The number of aromatic nitrogens is 2. The van der Waals surface area contributed by atoms with Crippen molar-refractivity contribution >= 4 is 34.2 Å². The second kappa shape index (κ2) is 10.6. The van der Waals surface area contributed by atoms with Gasteiger partial charge in [-0.1, -0.05) is 17.7 Å². The molecule has 34 heavy (non-hydrogen) atoms. The molecule has 2 aromatic heterocycles. The number of aryl methyl sites for hydroxylation is 3. The smallest absolute Gasteiger partial charge is 0.341 e. The summed E-state index contributed by atoms with van der Waals surface area (Å²) in [5.74, 6) is -0.839. The van der Waals surface area contributed by atoms with Gasteiger partial charge >= 0.3 is 11.9 Å². The molecular formula is C24H25N3O6S. The first-order valence-corrected chi connectivity index (χ1v) is 11.9. The summed E-state index contributed by atoms with van der Waals surface area (Å²) in [4.78, 5) is 37.9. The van der Waals surface area contributed by atoms with Gasteiger partial charge in [0, 0.05) is 16.9 Å². The maximum atomic E-state index is 12.4. The van der Waals surface area contributed by atoms with Crippen LogP contribution in [-0.4, -0.2) is 41.3 Å². The van der Waals surface area contributed by atoms with Crippen molar-refractivity contribution < 1.29 is 28.3 Å². The van der Waals surface area contributed by atoms with Crippen molar-refractivity contribution in [2.24, 2.45) is 0 Å². The zero-order valence-electron chi connectivity index (χ0n) is 19.0. The number of amides is 1. The Morgan fingerprint density at radius 3 is 2.68 bits per heavy atom. The number of hydrogen-bond donors (Lipinski definition) is 1. The molecule has 9 nitrogen and oxygen atoms in total. The lowest BCUT2D eigenvalue weighted by Gasteiger charge is -2.08. The molecule has 4 rings (SSSR count). The number of rotatable bonds is 9. The molecule has 0 atom stereocenters. The van der Waals surface area contributed by atoms with Crippen LogP contribution in [0.4, 0.5) is 5.00 Å². The van der Waals surface area contributed by atoms with Crippen LogP contribution in [-0.2, 0) is 38.3 Å². The maximum Gasteiger partial charge on any atom is 0.341 e. The molecule has 178 valence electrons. The van der Waals surface area contributed by atoms with Crippen LogP contribution >= 0.6 is 11.3 Å². The number of fused-ring (bicyclic) bond motifs is 1. The monoisotopic (exact) mass is 483 g/mol. The molecule has 0 saturated carbocycles. The fraction of sp³-hybridized carbons (Fsp3) is 0.375. The summed E-state index contributed by atoms with van der Waals surface area (Å²) < 4.78 is 15.8. The predicted molar refractivity (Wildman–Crippen MR) is 125 cm³/mol. The van der Waals surface area contributed by atoms with Crippen molar-refractivity contribution in [1.82, 2.24) is 10.2 Å². The Hall–Kier alpha value is -3.53. The molecule has 1 aliphatic carbocycles. The molecule has 1 amide bonds. The summed E-state index contributed by atoms with van der Waals surface area (Å²) in [5, 5.41) is 11.1. The molecule has 0 bridgehead atoms. The minimum absolute atomic E-state index is 0.00974. The fourth-order valence-electron chi connectivity index (χ4n) is 3.67. The SMILES string of the molecule is CCOC(=O)c1c(NC(=O)COC(=O)CCc2nnc(-c3ccc(C)cc3)o2)sc2c1CCC2. The lowest BCUT2D eigenvalue weighted by molar-refractivity contribution is -0.147. The lowest BCUT2D eigenvalue weighted by atomic mass is 10.1. The van der Waals surface area contributed by atoms with Crippen LogP contribution in [0.15, 0.2) is 28.7 Å². The van der Waals surface area contributed by atoms with Crippen molar-refractivity contribution in [3.8, 4) is 11.5 Å². The molecule has 3 aromatic rings. The van der Waals surface area contributed by atoms with Gasteiger partial charge in [-0.3, -0.25) is 9.59 Å². The van der Waals surface area contributed by atoms with Crippen molar-refractivity contribution in [3.05, 3.63) is 51.7 Å². The van der Waals surface area contributed by atoms with Gasteiger partial charge in [-0.25, -0.2) is 4.79 Å². The van der Waals surface area contributed by atoms with E-state index in [9.17, 15) is 14.4 Å². The molecule has 1 aliphatic rings. The van der Waals surface area contributed by atoms with E-state index in [0.29, 0.717) is 22.3 Å². The van der Waals surface area contributed by atoms with Gasteiger partial charge in [0.15, 0.2) is 6.61 Å². The van der Waals surface area contributed by atoms with Crippen LogP contribution < -0.4 is 5.32 Å². The van der Waals surface area contributed by atoms with Gasteiger partial charge in [-0.05, 0) is 50.8 Å². The van der Waals surface area contributed by atoms with Gasteiger partial charge in [0.05, 0.1) is 18.6 Å². The zero-order chi connectivity index (χ0) is 24.1. The molecule has 10 heteroatoms. The summed E-state index contributed by atoms with van der Waals surface area (Å²) in [7, 11) is 0. The molecule has 1 aromatic carbocycles. The third-order valence-corrected chi connectivity index (χ3v) is 6.53. The van der Waals surface area contributed by atoms with Gasteiger partial charge < -0.3 is 19.2 Å². The van der Waals surface area contributed by atoms with Crippen LogP contribution in [0.2, 0.25) is 0 Å². The van der Waals surface area contributed by atoms with Crippen molar-refractivity contribution in [2.75, 3.05) is 18.5 Å². The standard InChI is InChI=1S/C24H25N3O6S/c1-3-31-24(30)21-16-5-4-6-17(16)34-23(21)25-18(28)13-32-20(29)12-11-19-26-27-22(33-19)15-9-7-14(2)8-10-15/h7-10H,3-6,11-13H2,1-2H3,(H,25,28). The number of esters is 2. The predicted octanol–water partition coefficient (Wildman–Crippen LogP) is 3.89. The van der Waals surface area contributed by atoms with Gasteiger partial charge in [0.1, 0.15) is 5.00 Å². The highest BCUT2D eigenvalue weighted by atomic mass is 32.1. The Morgan fingerprint density at radius 1 is 1.12 bits per heavy atom. The lowest BCUT2D eigenvalue weighted by Crippen LogP contribution is -2.22. The quantitative estimate of drug-likeness (QED) is 0.455. The van der Waals surface area contributed by atoms with E-state index >= 15 is 0 Å². The van der Waals surface area contributed by atoms with E-state index in [2.05, 4.69) is 15.5 Å².